The smallest absolute Gasteiger partial charge is 0.0628 e. The number of nitrogens with zero attached hydrogens (tertiary/aromatic N) is 1. The maximum atomic E-state index is 9.63. The van der Waals surface area contributed by atoms with Gasteiger partial charge in [-0.2, -0.15) is 0 Å². The molecule has 2 fully saturated rings. The fourth-order valence-electron chi connectivity index (χ4n) is 3.12. The molecule has 2 unspecified atom stereocenters. The number of nitrogens with one attached hydrogen (secondary N) is 1. The molecule has 2 saturated heterocycles. The maximum absolute atomic E-state index is 9.63. The van der Waals surface area contributed by atoms with Crippen molar-refractivity contribution in [2.24, 2.45) is 0 Å². The molecule has 82 valence electrons. The lowest BCUT2D eigenvalue weighted by Crippen LogP contribution is -2.62. The van der Waals surface area contributed by atoms with Crippen molar-refractivity contribution in [1.29, 1.82) is 0 Å². The summed E-state index contributed by atoms with van der Waals surface area (Å²) in [6, 6.07) is 0.549. The zero-order valence-corrected chi connectivity index (χ0v) is 9.13. The number of aliphatic hydroxyl groups excluding tert-OH is 1. The van der Waals surface area contributed by atoms with E-state index in [0.717, 1.165) is 13.0 Å². The van der Waals surface area contributed by atoms with E-state index in [0.29, 0.717) is 12.6 Å². The van der Waals surface area contributed by atoms with Crippen molar-refractivity contribution in [3.05, 3.63) is 0 Å². The average molecular weight is 198 g/mol. The Morgan fingerprint density at radius 1 is 1.43 bits per heavy atom. The van der Waals surface area contributed by atoms with Gasteiger partial charge in [-0.3, -0.25) is 0 Å². The van der Waals surface area contributed by atoms with Crippen LogP contribution < -0.4 is 5.32 Å². The molecule has 14 heavy (non-hydrogen) atoms. The topological polar surface area (TPSA) is 35.5 Å². The van der Waals surface area contributed by atoms with Crippen molar-refractivity contribution < 1.29 is 5.11 Å². The summed E-state index contributed by atoms with van der Waals surface area (Å²) < 4.78 is 0. The molecule has 0 saturated carbocycles. The number of likely N-dealkylation sites (tertiary alicyclic amines) is 1. The maximum Gasteiger partial charge on any atom is 0.0628 e. The van der Waals surface area contributed by atoms with Gasteiger partial charge < -0.3 is 15.3 Å². The third-order valence-electron chi connectivity index (χ3n) is 3.97. The summed E-state index contributed by atoms with van der Waals surface area (Å²) >= 11 is 0. The van der Waals surface area contributed by atoms with E-state index in [1.54, 1.807) is 0 Å². The molecule has 2 rings (SSSR count). The van der Waals surface area contributed by atoms with Crippen LogP contribution in [0.3, 0.4) is 0 Å². The molecule has 0 radical (unpaired) electrons. The first-order chi connectivity index (χ1) is 6.78. The van der Waals surface area contributed by atoms with Gasteiger partial charge in [0.1, 0.15) is 0 Å². The molecular weight excluding hydrogens is 176 g/mol. The van der Waals surface area contributed by atoms with Gasteiger partial charge in [-0.15, -0.1) is 0 Å². The van der Waals surface area contributed by atoms with Gasteiger partial charge in [0.25, 0.3) is 0 Å². The zero-order chi connectivity index (χ0) is 10.0. The summed E-state index contributed by atoms with van der Waals surface area (Å²) in [5.41, 5.74) is 0.00347. The molecule has 3 heteroatoms. The fraction of sp³-hybridized carbons (Fsp3) is 1.00. The number of likely N-dealkylation sites (N-methyl/N-ethyl adjacent to an activating group) is 1. The van der Waals surface area contributed by atoms with E-state index in [4.69, 9.17) is 0 Å². The summed E-state index contributed by atoms with van der Waals surface area (Å²) in [6.07, 6.45) is 6.18. The third-order valence-corrected chi connectivity index (χ3v) is 3.97. The van der Waals surface area contributed by atoms with Crippen molar-refractivity contribution in [2.75, 3.05) is 26.7 Å². The van der Waals surface area contributed by atoms with Crippen LogP contribution in [0.2, 0.25) is 0 Å². The van der Waals surface area contributed by atoms with Crippen LogP contribution in [0.15, 0.2) is 0 Å². The summed E-state index contributed by atoms with van der Waals surface area (Å²) in [4.78, 5) is 2.41. The quantitative estimate of drug-likeness (QED) is 0.681. The van der Waals surface area contributed by atoms with E-state index in [-0.39, 0.29) is 5.54 Å². The second-order valence-electron chi connectivity index (χ2n) is 4.84. The largest absolute Gasteiger partial charge is 0.394 e. The highest BCUT2D eigenvalue weighted by molar-refractivity contribution is 5.02. The van der Waals surface area contributed by atoms with Crippen LogP contribution in [-0.2, 0) is 0 Å². The highest BCUT2D eigenvalue weighted by Crippen LogP contribution is 2.31. The van der Waals surface area contributed by atoms with Crippen LogP contribution in [0.25, 0.3) is 0 Å². The minimum Gasteiger partial charge on any atom is -0.394 e. The Balaban J connectivity index is 2.09. The molecule has 0 bridgehead atoms. The van der Waals surface area contributed by atoms with Crippen LogP contribution in [-0.4, -0.2) is 48.3 Å². The van der Waals surface area contributed by atoms with E-state index >= 15 is 0 Å². The van der Waals surface area contributed by atoms with E-state index in [9.17, 15) is 5.11 Å². The molecule has 0 aromatic carbocycles. The Kier molecular flexibility index (Phi) is 3.10. The molecule has 0 aromatic rings. The Morgan fingerprint density at radius 3 is 2.79 bits per heavy atom. The molecule has 2 N–H and O–H groups in total. The minimum absolute atomic E-state index is 0.00347. The summed E-state index contributed by atoms with van der Waals surface area (Å²) in [7, 11) is 2.19. The molecule has 3 nitrogen and oxygen atoms in total. The van der Waals surface area contributed by atoms with Gasteiger partial charge in [-0.1, -0.05) is 6.42 Å². The fourth-order valence-corrected chi connectivity index (χ4v) is 3.12. The highest BCUT2D eigenvalue weighted by Gasteiger charge is 2.42. The van der Waals surface area contributed by atoms with Gasteiger partial charge in [-0.25, -0.2) is 0 Å². The Labute approximate surface area is 86.5 Å². The molecule has 2 heterocycles. The lowest BCUT2D eigenvalue weighted by atomic mass is 9.81. The van der Waals surface area contributed by atoms with Crippen LogP contribution in [0, 0.1) is 0 Å². The van der Waals surface area contributed by atoms with Gasteiger partial charge in [0.2, 0.25) is 0 Å². The number of hydrogen-bond acceptors (Lipinski definition) is 3. The Bertz CT molecular complexity index is 190. The van der Waals surface area contributed by atoms with E-state index in [1.807, 2.05) is 0 Å². The summed E-state index contributed by atoms with van der Waals surface area (Å²) in [5.74, 6) is 0. The van der Waals surface area contributed by atoms with Gasteiger partial charge in [0.15, 0.2) is 0 Å². The predicted octanol–water partition coefficient (Wildman–Crippen LogP) is 0.585. The number of aliphatic hydroxyl groups is 1. The number of rotatable bonds is 2. The Morgan fingerprint density at radius 2 is 2.29 bits per heavy atom. The average Bonchev–Trinajstić information content (AvgIpc) is 2.66. The summed E-state index contributed by atoms with van der Waals surface area (Å²) in [5, 5.41) is 13.2. The predicted molar refractivity (Wildman–Crippen MR) is 57.3 cm³/mol. The number of hydrogen-bond donors (Lipinski definition) is 2. The van der Waals surface area contributed by atoms with Crippen LogP contribution in [0.5, 0.6) is 0 Å². The van der Waals surface area contributed by atoms with Crippen molar-refractivity contribution in [3.63, 3.8) is 0 Å². The monoisotopic (exact) mass is 198 g/mol. The molecule has 2 aliphatic heterocycles. The standard InChI is InChI=1S/C11H22N2O/c1-13-8-4-5-10(13)11(9-14)6-2-3-7-12-11/h10,12,14H,2-9H2,1H3. The Hall–Kier alpha value is -0.120. The van der Waals surface area contributed by atoms with Gasteiger partial charge in [-0.05, 0) is 45.8 Å². The zero-order valence-electron chi connectivity index (χ0n) is 9.13. The molecule has 2 aliphatic rings. The van der Waals surface area contributed by atoms with Crippen molar-refractivity contribution >= 4 is 0 Å². The first kappa shape index (κ1) is 10.4. The molecular formula is C11H22N2O. The first-order valence-electron chi connectivity index (χ1n) is 5.85. The van der Waals surface area contributed by atoms with Gasteiger partial charge in [0, 0.05) is 6.04 Å². The van der Waals surface area contributed by atoms with Crippen LogP contribution >= 0.6 is 0 Å². The molecule has 2 atom stereocenters. The second-order valence-corrected chi connectivity index (χ2v) is 4.84. The van der Waals surface area contributed by atoms with Crippen LogP contribution in [0.4, 0.5) is 0 Å². The van der Waals surface area contributed by atoms with Crippen molar-refractivity contribution in [3.8, 4) is 0 Å². The van der Waals surface area contributed by atoms with E-state index in [2.05, 4.69) is 17.3 Å². The SMILES string of the molecule is CN1CCCC1C1(CO)CCCCN1. The first-order valence-corrected chi connectivity index (χ1v) is 5.85. The van der Waals surface area contributed by atoms with Crippen molar-refractivity contribution in [1.82, 2.24) is 10.2 Å². The minimum atomic E-state index is 0.00347. The molecule has 0 spiro atoms. The highest BCUT2D eigenvalue weighted by atomic mass is 16.3. The van der Waals surface area contributed by atoms with E-state index in [1.165, 1.54) is 32.2 Å². The van der Waals surface area contributed by atoms with E-state index < -0.39 is 0 Å². The van der Waals surface area contributed by atoms with Crippen LogP contribution in [0.1, 0.15) is 32.1 Å². The normalized spacial score (nSPS) is 40.3. The number of piperidine rings is 1. The lowest BCUT2D eigenvalue weighted by molar-refractivity contribution is 0.0603. The van der Waals surface area contributed by atoms with Gasteiger partial charge >= 0.3 is 0 Å². The lowest BCUT2D eigenvalue weighted by Gasteiger charge is -2.44. The third kappa shape index (κ3) is 1.69. The van der Waals surface area contributed by atoms with Crippen molar-refractivity contribution in [2.45, 2.75) is 43.7 Å². The second kappa shape index (κ2) is 4.17. The van der Waals surface area contributed by atoms with Gasteiger partial charge in [0.05, 0.1) is 12.1 Å². The summed E-state index contributed by atoms with van der Waals surface area (Å²) in [6.45, 7) is 2.56. The molecule has 0 amide bonds. The molecule has 0 aromatic heterocycles. The molecule has 0 aliphatic carbocycles.